The third kappa shape index (κ3) is 3.86. The first-order valence-corrected chi connectivity index (χ1v) is 8.70. The SMILES string of the molecule is CCOC(=O)C(Cc1ccccc1)(C(=O)OCC)C1C=CCCC1. The lowest BCUT2D eigenvalue weighted by Crippen LogP contribution is -2.49. The van der Waals surface area contributed by atoms with E-state index in [4.69, 9.17) is 9.47 Å². The van der Waals surface area contributed by atoms with Crippen LogP contribution in [0.15, 0.2) is 42.5 Å². The van der Waals surface area contributed by atoms with Gasteiger partial charge in [-0.15, -0.1) is 0 Å². The van der Waals surface area contributed by atoms with Gasteiger partial charge in [-0.25, -0.2) is 0 Å². The van der Waals surface area contributed by atoms with Crippen molar-refractivity contribution in [2.24, 2.45) is 11.3 Å². The molecule has 130 valence electrons. The van der Waals surface area contributed by atoms with Crippen molar-refractivity contribution in [1.29, 1.82) is 0 Å². The van der Waals surface area contributed by atoms with Crippen LogP contribution < -0.4 is 0 Å². The molecule has 1 atom stereocenters. The summed E-state index contributed by atoms with van der Waals surface area (Å²) in [4.78, 5) is 25.9. The highest BCUT2D eigenvalue weighted by molar-refractivity contribution is 6.01. The van der Waals surface area contributed by atoms with Crippen molar-refractivity contribution in [3.8, 4) is 0 Å². The number of esters is 2. The average molecular weight is 330 g/mol. The number of rotatable bonds is 7. The van der Waals surface area contributed by atoms with E-state index in [1.165, 1.54) is 0 Å². The van der Waals surface area contributed by atoms with Gasteiger partial charge in [0.15, 0.2) is 5.41 Å². The fraction of sp³-hybridized carbons (Fsp3) is 0.500. The van der Waals surface area contributed by atoms with E-state index in [1.54, 1.807) is 13.8 Å². The Morgan fingerprint density at radius 2 is 1.71 bits per heavy atom. The first-order chi connectivity index (χ1) is 11.6. The Morgan fingerprint density at radius 1 is 1.08 bits per heavy atom. The zero-order valence-corrected chi connectivity index (χ0v) is 14.5. The van der Waals surface area contributed by atoms with Crippen molar-refractivity contribution in [1.82, 2.24) is 0 Å². The fourth-order valence-electron chi connectivity index (χ4n) is 3.32. The number of benzene rings is 1. The van der Waals surface area contributed by atoms with Crippen LogP contribution in [0.2, 0.25) is 0 Å². The van der Waals surface area contributed by atoms with Crippen LogP contribution in [0.4, 0.5) is 0 Å². The van der Waals surface area contributed by atoms with Crippen LogP contribution in [-0.2, 0) is 25.5 Å². The molecule has 0 fully saturated rings. The zero-order valence-electron chi connectivity index (χ0n) is 14.5. The standard InChI is InChI=1S/C20H26O4/c1-3-23-18(21)20(19(22)24-4-2,17-13-9-6-10-14-17)15-16-11-7-5-8-12-16/h5,7-9,11-13,17H,3-4,6,10,14-15H2,1-2H3. The van der Waals surface area contributed by atoms with E-state index in [0.29, 0.717) is 6.42 Å². The predicted octanol–water partition coefficient (Wildman–Crippen LogP) is 3.70. The Morgan fingerprint density at radius 3 is 2.21 bits per heavy atom. The molecular formula is C20H26O4. The van der Waals surface area contributed by atoms with Gasteiger partial charge in [-0.1, -0.05) is 42.5 Å². The molecule has 0 spiro atoms. The van der Waals surface area contributed by atoms with Gasteiger partial charge in [-0.2, -0.15) is 0 Å². The van der Waals surface area contributed by atoms with Gasteiger partial charge in [0.25, 0.3) is 0 Å². The maximum Gasteiger partial charge on any atom is 0.324 e. The van der Waals surface area contributed by atoms with E-state index in [-0.39, 0.29) is 19.1 Å². The highest BCUT2D eigenvalue weighted by Gasteiger charge is 2.54. The van der Waals surface area contributed by atoms with E-state index in [9.17, 15) is 9.59 Å². The molecule has 1 aliphatic carbocycles. The summed E-state index contributed by atoms with van der Waals surface area (Å²) >= 11 is 0. The lowest BCUT2D eigenvalue weighted by Gasteiger charge is -2.36. The van der Waals surface area contributed by atoms with Crippen molar-refractivity contribution in [2.45, 2.75) is 39.5 Å². The van der Waals surface area contributed by atoms with Crippen LogP contribution >= 0.6 is 0 Å². The molecule has 0 N–H and O–H groups in total. The minimum Gasteiger partial charge on any atom is -0.465 e. The second-order valence-corrected chi connectivity index (χ2v) is 6.04. The maximum absolute atomic E-state index is 12.9. The highest BCUT2D eigenvalue weighted by Crippen LogP contribution is 2.41. The molecular weight excluding hydrogens is 304 g/mol. The topological polar surface area (TPSA) is 52.6 Å². The van der Waals surface area contributed by atoms with E-state index in [1.807, 2.05) is 42.5 Å². The molecule has 24 heavy (non-hydrogen) atoms. The molecule has 2 rings (SSSR count). The molecule has 0 aromatic heterocycles. The molecule has 0 aliphatic heterocycles. The summed E-state index contributed by atoms with van der Waals surface area (Å²) in [7, 11) is 0. The predicted molar refractivity (Wildman–Crippen MR) is 92.3 cm³/mol. The van der Waals surface area contributed by atoms with Crippen LogP contribution in [0.1, 0.15) is 38.7 Å². The third-order valence-electron chi connectivity index (χ3n) is 4.49. The molecule has 0 amide bonds. The molecule has 0 heterocycles. The summed E-state index contributed by atoms with van der Waals surface area (Å²) in [5.41, 5.74) is -0.387. The van der Waals surface area contributed by atoms with Gasteiger partial charge in [0.2, 0.25) is 0 Å². The van der Waals surface area contributed by atoms with Gasteiger partial charge in [0.05, 0.1) is 13.2 Å². The number of allylic oxidation sites excluding steroid dienone is 2. The van der Waals surface area contributed by atoms with Crippen molar-refractivity contribution in [3.63, 3.8) is 0 Å². The molecule has 4 heteroatoms. The Kier molecular flexibility index (Phi) is 6.59. The Bertz CT molecular complexity index is 559. The van der Waals surface area contributed by atoms with E-state index >= 15 is 0 Å². The molecule has 1 aromatic carbocycles. The van der Waals surface area contributed by atoms with Gasteiger partial charge in [-0.05, 0) is 45.1 Å². The van der Waals surface area contributed by atoms with Gasteiger partial charge < -0.3 is 9.47 Å². The number of ether oxygens (including phenoxy) is 2. The van der Waals surface area contributed by atoms with Crippen LogP contribution in [0, 0.1) is 11.3 Å². The fourth-order valence-corrected chi connectivity index (χ4v) is 3.32. The van der Waals surface area contributed by atoms with Crippen molar-refractivity contribution >= 4 is 11.9 Å². The monoisotopic (exact) mass is 330 g/mol. The first kappa shape index (κ1) is 18.2. The molecule has 1 aromatic rings. The summed E-state index contributed by atoms with van der Waals surface area (Å²) in [6.45, 7) is 4.00. The summed E-state index contributed by atoms with van der Waals surface area (Å²) in [6, 6.07) is 9.60. The van der Waals surface area contributed by atoms with Crippen LogP contribution in [-0.4, -0.2) is 25.2 Å². The molecule has 0 saturated carbocycles. The molecule has 0 radical (unpaired) electrons. The number of carbonyl (C=O) groups excluding carboxylic acids is 2. The second kappa shape index (κ2) is 8.67. The summed E-state index contributed by atoms with van der Waals surface area (Å²) < 4.78 is 10.7. The highest BCUT2D eigenvalue weighted by atomic mass is 16.6. The summed E-state index contributed by atoms with van der Waals surface area (Å²) in [5.74, 6) is -1.17. The van der Waals surface area contributed by atoms with Crippen molar-refractivity contribution in [2.75, 3.05) is 13.2 Å². The first-order valence-electron chi connectivity index (χ1n) is 8.70. The number of carbonyl (C=O) groups is 2. The maximum atomic E-state index is 12.9. The van der Waals surface area contributed by atoms with E-state index < -0.39 is 17.4 Å². The minimum absolute atomic E-state index is 0.204. The second-order valence-electron chi connectivity index (χ2n) is 6.04. The zero-order chi connectivity index (χ0) is 17.4. The largest absolute Gasteiger partial charge is 0.465 e. The quantitative estimate of drug-likeness (QED) is 0.434. The third-order valence-corrected chi connectivity index (χ3v) is 4.49. The average Bonchev–Trinajstić information content (AvgIpc) is 2.61. The van der Waals surface area contributed by atoms with Crippen molar-refractivity contribution < 1.29 is 19.1 Å². The molecule has 4 nitrogen and oxygen atoms in total. The van der Waals surface area contributed by atoms with Crippen LogP contribution in [0.3, 0.4) is 0 Å². The molecule has 1 aliphatic rings. The number of hydrogen-bond acceptors (Lipinski definition) is 4. The van der Waals surface area contributed by atoms with Gasteiger partial charge in [0.1, 0.15) is 0 Å². The normalized spacial score (nSPS) is 17.3. The molecule has 0 saturated heterocycles. The van der Waals surface area contributed by atoms with Crippen LogP contribution in [0.5, 0.6) is 0 Å². The van der Waals surface area contributed by atoms with Crippen LogP contribution in [0.25, 0.3) is 0 Å². The molecule has 1 unspecified atom stereocenters. The van der Waals surface area contributed by atoms with Crippen molar-refractivity contribution in [3.05, 3.63) is 48.0 Å². The minimum atomic E-state index is -1.32. The summed E-state index contributed by atoms with van der Waals surface area (Å²) in [5, 5.41) is 0. The Hall–Kier alpha value is -2.10. The number of hydrogen-bond donors (Lipinski definition) is 0. The molecule has 0 bridgehead atoms. The van der Waals surface area contributed by atoms with E-state index in [2.05, 4.69) is 0 Å². The lowest BCUT2D eigenvalue weighted by atomic mass is 9.67. The Labute approximate surface area is 143 Å². The Balaban J connectivity index is 2.48. The van der Waals surface area contributed by atoms with Gasteiger partial charge in [0, 0.05) is 5.92 Å². The van der Waals surface area contributed by atoms with Gasteiger partial charge in [-0.3, -0.25) is 9.59 Å². The summed E-state index contributed by atoms with van der Waals surface area (Å²) in [6.07, 6.45) is 7.04. The van der Waals surface area contributed by atoms with Gasteiger partial charge >= 0.3 is 11.9 Å². The lowest BCUT2D eigenvalue weighted by molar-refractivity contribution is -0.175. The van der Waals surface area contributed by atoms with E-state index in [0.717, 1.165) is 24.8 Å². The smallest absolute Gasteiger partial charge is 0.324 e.